The molecule has 1 aromatic rings. The van der Waals surface area contributed by atoms with E-state index in [0.717, 1.165) is 17.0 Å². The smallest absolute Gasteiger partial charge is 0.399 e. The summed E-state index contributed by atoms with van der Waals surface area (Å²) in [6.45, 7) is -0.614. The third kappa shape index (κ3) is 2.78. The number of carbonyl (C=O) groups is 2. The lowest BCUT2D eigenvalue weighted by atomic mass is 10.1. The number of amides is 2. The third-order valence-electron chi connectivity index (χ3n) is 2.61. The average molecular weight is 273 g/mol. The highest BCUT2D eigenvalue weighted by molar-refractivity contribution is 6.02. The molecule has 1 aliphatic heterocycles. The van der Waals surface area contributed by atoms with Crippen LogP contribution in [0.15, 0.2) is 18.2 Å². The number of rotatable bonds is 1. The van der Waals surface area contributed by atoms with Crippen LogP contribution in [-0.2, 0) is 15.8 Å². The Morgan fingerprint density at radius 1 is 1.16 bits per heavy atom. The number of nitrogens with one attached hydrogen (secondary N) is 1. The van der Waals surface area contributed by atoms with Crippen molar-refractivity contribution >= 4 is 23.2 Å². The predicted octanol–water partition coefficient (Wildman–Crippen LogP) is 0.750. The number of nitrogen functional groups attached to an aromatic ring is 1. The van der Waals surface area contributed by atoms with Gasteiger partial charge in [-0.2, -0.15) is 13.2 Å². The van der Waals surface area contributed by atoms with Gasteiger partial charge in [-0.3, -0.25) is 14.9 Å². The summed E-state index contributed by atoms with van der Waals surface area (Å²) in [4.78, 5) is 23.5. The number of piperazine rings is 1. The predicted molar refractivity (Wildman–Crippen MR) is 61.2 cm³/mol. The monoisotopic (exact) mass is 273 g/mol. The van der Waals surface area contributed by atoms with E-state index in [1.807, 2.05) is 5.32 Å². The van der Waals surface area contributed by atoms with Gasteiger partial charge < -0.3 is 10.6 Å². The second kappa shape index (κ2) is 4.45. The summed E-state index contributed by atoms with van der Waals surface area (Å²) in [6.07, 6.45) is -4.61. The number of halogens is 3. The van der Waals surface area contributed by atoms with Crippen LogP contribution in [0.3, 0.4) is 0 Å². The quantitative estimate of drug-likeness (QED) is 0.585. The van der Waals surface area contributed by atoms with Gasteiger partial charge in [-0.15, -0.1) is 0 Å². The molecule has 102 valence electrons. The maximum Gasteiger partial charge on any atom is 0.418 e. The van der Waals surface area contributed by atoms with Crippen molar-refractivity contribution in [1.82, 2.24) is 5.32 Å². The van der Waals surface area contributed by atoms with Crippen molar-refractivity contribution < 1.29 is 22.8 Å². The molecular weight excluding hydrogens is 263 g/mol. The van der Waals surface area contributed by atoms with Gasteiger partial charge in [0.1, 0.15) is 0 Å². The molecule has 8 heteroatoms. The molecule has 0 unspecified atom stereocenters. The molecular formula is C11H10F3N3O2. The number of imide groups is 1. The normalized spacial score (nSPS) is 16.5. The zero-order valence-corrected chi connectivity index (χ0v) is 9.62. The van der Waals surface area contributed by atoms with Crippen LogP contribution in [0.1, 0.15) is 5.56 Å². The van der Waals surface area contributed by atoms with Crippen molar-refractivity contribution in [1.29, 1.82) is 0 Å². The van der Waals surface area contributed by atoms with E-state index in [1.54, 1.807) is 0 Å². The number of benzene rings is 1. The summed E-state index contributed by atoms with van der Waals surface area (Å²) in [7, 11) is 0. The summed E-state index contributed by atoms with van der Waals surface area (Å²) in [5.74, 6) is -1.28. The van der Waals surface area contributed by atoms with Gasteiger partial charge in [0.15, 0.2) is 0 Å². The highest BCUT2D eigenvalue weighted by atomic mass is 19.4. The van der Waals surface area contributed by atoms with Crippen molar-refractivity contribution in [2.24, 2.45) is 0 Å². The van der Waals surface area contributed by atoms with Crippen molar-refractivity contribution in [3.63, 3.8) is 0 Å². The van der Waals surface area contributed by atoms with E-state index in [0.29, 0.717) is 0 Å². The molecule has 0 radical (unpaired) electrons. The van der Waals surface area contributed by atoms with E-state index in [2.05, 4.69) is 0 Å². The van der Waals surface area contributed by atoms with Crippen molar-refractivity contribution in [2.75, 3.05) is 23.7 Å². The molecule has 19 heavy (non-hydrogen) atoms. The van der Waals surface area contributed by atoms with Gasteiger partial charge in [-0.1, -0.05) is 0 Å². The van der Waals surface area contributed by atoms with Gasteiger partial charge >= 0.3 is 6.18 Å². The molecule has 0 bridgehead atoms. The molecule has 1 saturated heterocycles. The SMILES string of the molecule is Nc1ccc(N2CC(=O)NC(=O)C2)c(C(F)(F)F)c1. The first-order valence-corrected chi connectivity index (χ1v) is 5.32. The minimum Gasteiger partial charge on any atom is -0.399 e. The minimum absolute atomic E-state index is 0.0381. The largest absolute Gasteiger partial charge is 0.418 e. The van der Waals surface area contributed by atoms with Crippen LogP contribution in [0.5, 0.6) is 0 Å². The number of anilines is 2. The molecule has 0 aromatic heterocycles. The fraction of sp³-hybridized carbons (Fsp3) is 0.273. The van der Waals surface area contributed by atoms with Crippen LogP contribution in [0.2, 0.25) is 0 Å². The topological polar surface area (TPSA) is 75.4 Å². The van der Waals surface area contributed by atoms with E-state index >= 15 is 0 Å². The van der Waals surface area contributed by atoms with E-state index < -0.39 is 23.6 Å². The van der Waals surface area contributed by atoms with E-state index in [1.165, 1.54) is 6.07 Å². The van der Waals surface area contributed by atoms with E-state index in [9.17, 15) is 22.8 Å². The first kappa shape index (κ1) is 13.2. The second-order valence-electron chi connectivity index (χ2n) is 4.10. The Morgan fingerprint density at radius 3 is 2.26 bits per heavy atom. The number of hydrogen-bond acceptors (Lipinski definition) is 4. The van der Waals surface area contributed by atoms with Gasteiger partial charge in [0.25, 0.3) is 0 Å². The van der Waals surface area contributed by atoms with Crippen molar-refractivity contribution in [3.8, 4) is 0 Å². The van der Waals surface area contributed by atoms with Crippen molar-refractivity contribution in [3.05, 3.63) is 23.8 Å². The maximum atomic E-state index is 12.9. The number of nitrogens with zero attached hydrogens (tertiary/aromatic N) is 1. The second-order valence-corrected chi connectivity index (χ2v) is 4.10. The van der Waals surface area contributed by atoms with Crippen LogP contribution in [0.25, 0.3) is 0 Å². The van der Waals surface area contributed by atoms with Crippen LogP contribution in [0.4, 0.5) is 24.5 Å². The van der Waals surface area contributed by atoms with Gasteiger partial charge in [-0.25, -0.2) is 0 Å². The Hall–Kier alpha value is -2.25. The molecule has 3 N–H and O–H groups in total. The lowest BCUT2D eigenvalue weighted by Crippen LogP contribution is -2.51. The highest BCUT2D eigenvalue weighted by Crippen LogP contribution is 2.37. The Balaban J connectivity index is 2.44. The van der Waals surface area contributed by atoms with E-state index in [-0.39, 0.29) is 24.5 Å². The summed E-state index contributed by atoms with van der Waals surface area (Å²) in [6, 6.07) is 3.23. The van der Waals surface area contributed by atoms with Gasteiger partial charge in [-0.05, 0) is 18.2 Å². The Bertz CT molecular complexity index is 526. The van der Waals surface area contributed by atoms with Crippen LogP contribution < -0.4 is 16.0 Å². The zero-order chi connectivity index (χ0) is 14.2. The van der Waals surface area contributed by atoms with Crippen LogP contribution in [-0.4, -0.2) is 24.9 Å². The molecule has 1 aromatic carbocycles. The molecule has 2 rings (SSSR count). The summed E-state index contributed by atoms with van der Waals surface area (Å²) in [5, 5.41) is 2.02. The maximum absolute atomic E-state index is 12.9. The van der Waals surface area contributed by atoms with Crippen molar-refractivity contribution in [2.45, 2.75) is 6.18 Å². The Kier molecular flexibility index (Phi) is 3.09. The molecule has 5 nitrogen and oxygen atoms in total. The van der Waals surface area contributed by atoms with Crippen LogP contribution in [0, 0.1) is 0 Å². The fourth-order valence-corrected chi connectivity index (χ4v) is 1.86. The molecule has 0 spiro atoms. The van der Waals surface area contributed by atoms with Gasteiger partial charge in [0.2, 0.25) is 11.8 Å². The third-order valence-corrected chi connectivity index (χ3v) is 2.61. The van der Waals surface area contributed by atoms with Crippen LogP contribution >= 0.6 is 0 Å². The van der Waals surface area contributed by atoms with Gasteiger partial charge in [0.05, 0.1) is 24.3 Å². The minimum atomic E-state index is -4.61. The molecule has 2 amide bonds. The molecule has 1 heterocycles. The van der Waals surface area contributed by atoms with E-state index in [4.69, 9.17) is 5.73 Å². The molecule has 1 aliphatic rings. The fourth-order valence-electron chi connectivity index (χ4n) is 1.86. The summed E-state index contributed by atoms with van der Waals surface area (Å²) >= 11 is 0. The molecule has 1 fully saturated rings. The standard InChI is InChI=1S/C11H10F3N3O2/c12-11(13,14)7-3-6(15)1-2-8(7)17-4-9(18)16-10(19)5-17/h1-3H,4-5,15H2,(H,16,18,19). The zero-order valence-electron chi connectivity index (χ0n) is 9.62. The number of carbonyl (C=O) groups excluding carboxylic acids is 2. The van der Waals surface area contributed by atoms with Gasteiger partial charge in [0, 0.05) is 5.69 Å². The first-order chi connectivity index (χ1) is 8.77. The molecule has 0 aliphatic carbocycles. The number of alkyl halides is 3. The molecule has 0 saturated carbocycles. The lowest BCUT2D eigenvalue weighted by Gasteiger charge is -2.29. The average Bonchev–Trinajstić information content (AvgIpc) is 2.26. The Morgan fingerprint density at radius 2 is 1.74 bits per heavy atom. The summed E-state index contributed by atoms with van der Waals surface area (Å²) in [5.41, 5.74) is 4.11. The first-order valence-electron chi connectivity index (χ1n) is 5.32. The lowest BCUT2D eigenvalue weighted by molar-refractivity contribution is -0.138. The number of nitrogens with two attached hydrogens (primary N) is 1. The Labute approximate surface area is 106 Å². The highest BCUT2D eigenvalue weighted by Gasteiger charge is 2.36. The molecule has 0 atom stereocenters. The summed E-state index contributed by atoms with van der Waals surface area (Å²) < 4.78 is 38.7. The number of hydrogen-bond donors (Lipinski definition) is 2.